The van der Waals surface area contributed by atoms with Crippen molar-refractivity contribution in [2.75, 3.05) is 39.3 Å². The molecule has 0 spiro atoms. The van der Waals surface area contributed by atoms with Crippen molar-refractivity contribution in [1.29, 1.82) is 0 Å². The van der Waals surface area contributed by atoms with Gasteiger partial charge in [-0.3, -0.25) is 5.10 Å². The van der Waals surface area contributed by atoms with Crippen LogP contribution in [0.4, 0.5) is 4.79 Å². The first-order valence-electron chi connectivity index (χ1n) is 7.67. The number of hydrogen-bond acceptors (Lipinski definition) is 4. The Morgan fingerprint density at radius 3 is 2.68 bits per heavy atom. The van der Waals surface area contributed by atoms with Crippen molar-refractivity contribution in [3.05, 3.63) is 18.0 Å². The van der Waals surface area contributed by atoms with Crippen molar-refractivity contribution in [3.8, 4) is 0 Å². The van der Waals surface area contributed by atoms with Gasteiger partial charge in [-0.15, -0.1) is 0 Å². The Bertz CT molecular complexity index is 480. The van der Waals surface area contributed by atoms with Crippen LogP contribution < -0.4 is 5.32 Å². The van der Waals surface area contributed by atoms with Gasteiger partial charge in [-0.2, -0.15) is 5.10 Å². The van der Waals surface area contributed by atoms with E-state index < -0.39 is 0 Å². The number of piperazine rings is 1. The van der Waals surface area contributed by atoms with E-state index in [4.69, 9.17) is 4.74 Å². The summed E-state index contributed by atoms with van der Waals surface area (Å²) < 4.78 is 5.03. The van der Waals surface area contributed by atoms with Crippen molar-refractivity contribution < 1.29 is 9.53 Å². The molecule has 0 bridgehead atoms. The largest absolute Gasteiger partial charge is 0.450 e. The molecule has 0 atom stereocenters. The standard InChI is InChI=1S/C14H24N6O2/c1-3-15-13(16-11-12-5-6-17-18-12)19-7-9-20(10-8-19)14(21)22-4-2/h5-6H,3-4,7-11H2,1-2H3,(H,15,16)(H,17,18). The van der Waals surface area contributed by atoms with Crippen LogP contribution in [0.5, 0.6) is 0 Å². The van der Waals surface area contributed by atoms with Crippen molar-refractivity contribution in [3.63, 3.8) is 0 Å². The number of amides is 1. The Morgan fingerprint density at radius 1 is 1.36 bits per heavy atom. The fourth-order valence-electron chi connectivity index (χ4n) is 2.27. The first-order valence-corrected chi connectivity index (χ1v) is 7.67. The first-order chi connectivity index (χ1) is 10.7. The van der Waals surface area contributed by atoms with Gasteiger partial charge in [0.1, 0.15) is 0 Å². The molecule has 0 aliphatic carbocycles. The highest BCUT2D eigenvalue weighted by atomic mass is 16.6. The van der Waals surface area contributed by atoms with E-state index in [1.165, 1.54) is 0 Å². The SMILES string of the molecule is CCNC(=NCc1ccn[nH]1)N1CCN(C(=O)OCC)CC1. The summed E-state index contributed by atoms with van der Waals surface area (Å²) in [6.07, 6.45) is 1.48. The highest BCUT2D eigenvalue weighted by Crippen LogP contribution is 2.05. The lowest BCUT2D eigenvalue weighted by Gasteiger charge is -2.35. The average Bonchev–Trinajstić information content (AvgIpc) is 3.05. The Morgan fingerprint density at radius 2 is 2.09 bits per heavy atom. The van der Waals surface area contributed by atoms with Crippen molar-refractivity contribution >= 4 is 12.1 Å². The Labute approximate surface area is 130 Å². The second-order valence-electron chi connectivity index (χ2n) is 4.93. The van der Waals surface area contributed by atoms with E-state index in [0.717, 1.165) is 31.3 Å². The molecule has 1 amide bonds. The number of aromatic amines is 1. The molecule has 1 aromatic rings. The van der Waals surface area contributed by atoms with Crippen molar-refractivity contribution in [1.82, 2.24) is 25.3 Å². The molecule has 1 aliphatic rings. The monoisotopic (exact) mass is 308 g/mol. The minimum atomic E-state index is -0.235. The van der Waals surface area contributed by atoms with Crippen LogP contribution in [0.2, 0.25) is 0 Å². The van der Waals surface area contributed by atoms with Crippen LogP contribution in [0.1, 0.15) is 19.5 Å². The normalized spacial score (nSPS) is 15.8. The molecule has 122 valence electrons. The smallest absolute Gasteiger partial charge is 0.409 e. The lowest BCUT2D eigenvalue weighted by atomic mass is 10.3. The van der Waals surface area contributed by atoms with Crippen LogP contribution in [0.3, 0.4) is 0 Å². The second kappa shape index (κ2) is 8.26. The van der Waals surface area contributed by atoms with Crippen LogP contribution >= 0.6 is 0 Å². The fraction of sp³-hybridized carbons (Fsp3) is 0.643. The summed E-state index contributed by atoms with van der Waals surface area (Å²) in [5.74, 6) is 0.862. The van der Waals surface area contributed by atoms with E-state index >= 15 is 0 Å². The number of aliphatic imine (C=N–C) groups is 1. The number of guanidine groups is 1. The molecule has 22 heavy (non-hydrogen) atoms. The van der Waals surface area contributed by atoms with E-state index in [1.54, 1.807) is 11.1 Å². The van der Waals surface area contributed by atoms with Crippen LogP contribution in [-0.4, -0.2) is 71.4 Å². The maximum Gasteiger partial charge on any atom is 0.409 e. The maximum atomic E-state index is 11.7. The lowest BCUT2D eigenvalue weighted by Crippen LogP contribution is -2.53. The van der Waals surface area contributed by atoms with Gasteiger partial charge >= 0.3 is 6.09 Å². The third-order valence-corrected chi connectivity index (χ3v) is 3.40. The number of aromatic nitrogens is 2. The molecule has 0 radical (unpaired) electrons. The highest BCUT2D eigenvalue weighted by molar-refractivity contribution is 5.80. The molecular formula is C14H24N6O2. The summed E-state index contributed by atoms with van der Waals surface area (Å²) in [6, 6.07) is 1.91. The Kier molecular flexibility index (Phi) is 6.05. The molecule has 1 fully saturated rings. The lowest BCUT2D eigenvalue weighted by molar-refractivity contribution is 0.0914. The number of nitrogens with one attached hydrogen (secondary N) is 2. The summed E-state index contributed by atoms with van der Waals surface area (Å²) >= 11 is 0. The number of hydrogen-bond donors (Lipinski definition) is 2. The molecule has 1 aliphatic heterocycles. The minimum Gasteiger partial charge on any atom is -0.450 e. The van der Waals surface area contributed by atoms with Crippen LogP contribution in [0.25, 0.3) is 0 Å². The third kappa shape index (κ3) is 4.37. The number of nitrogens with zero attached hydrogens (tertiary/aromatic N) is 4. The number of carbonyl (C=O) groups excluding carboxylic acids is 1. The molecule has 2 N–H and O–H groups in total. The van der Waals surface area contributed by atoms with E-state index in [-0.39, 0.29) is 6.09 Å². The quantitative estimate of drug-likeness (QED) is 0.630. The number of carbonyl (C=O) groups is 1. The number of H-pyrrole nitrogens is 1. The van der Waals surface area contributed by atoms with Crippen LogP contribution in [-0.2, 0) is 11.3 Å². The average molecular weight is 308 g/mol. The van der Waals surface area contributed by atoms with Gasteiger partial charge in [0.15, 0.2) is 5.96 Å². The summed E-state index contributed by atoms with van der Waals surface area (Å²) in [7, 11) is 0. The summed E-state index contributed by atoms with van der Waals surface area (Å²) in [4.78, 5) is 20.2. The van der Waals surface area contributed by atoms with Gasteiger partial charge in [-0.05, 0) is 19.9 Å². The van der Waals surface area contributed by atoms with E-state index in [2.05, 4.69) is 25.4 Å². The molecule has 0 aromatic carbocycles. The first kappa shape index (κ1) is 16.1. The van der Waals surface area contributed by atoms with Gasteiger partial charge in [-0.1, -0.05) is 0 Å². The molecule has 8 nitrogen and oxygen atoms in total. The van der Waals surface area contributed by atoms with Gasteiger partial charge < -0.3 is 19.9 Å². The number of rotatable bonds is 4. The highest BCUT2D eigenvalue weighted by Gasteiger charge is 2.23. The predicted octanol–water partition coefficient (Wildman–Crippen LogP) is 0.649. The van der Waals surface area contributed by atoms with Crippen LogP contribution in [0, 0.1) is 0 Å². The maximum absolute atomic E-state index is 11.7. The molecular weight excluding hydrogens is 284 g/mol. The van der Waals surface area contributed by atoms with Crippen LogP contribution in [0.15, 0.2) is 17.3 Å². The van der Waals surface area contributed by atoms with E-state index in [0.29, 0.717) is 26.2 Å². The minimum absolute atomic E-state index is 0.235. The predicted molar refractivity (Wildman–Crippen MR) is 83.6 cm³/mol. The molecule has 0 saturated carbocycles. The summed E-state index contributed by atoms with van der Waals surface area (Å²) in [5.41, 5.74) is 0.973. The zero-order valence-corrected chi connectivity index (χ0v) is 13.2. The topological polar surface area (TPSA) is 85.9 Å². The zero-order valence-electron chi connectivity index (χ0n) is 13.2. The fourth-order valence-corrected chi connectivity index (χ4v) is 2.27. The number of ether oxygens (including phenoxy) is 1. The summed E-state index contributed by atoms with van der Waals surface area (Å²) in [6.45, 7) is 8.41. The Hall–Kier alpha value is -2.25. The third-order valence-electron chi connectivity index (χ3n) is 3.40. The molecule has 8 heteroatoms. The molecule has 1 saturated heterocycles. The van der Waals surface area contributed by atoms with Gasteiger partial charge in [0.2, 0.25) is 0 Å². The molecule has 2 rings (SSSR count). The van der Waals surface area contributed by atoms with Gasteiger partial charge in [0.05, 0.1) is 18.8 Å². The Balaban J connectivity index is 1.90. The molecule has 2 heterocycles. The zero-order chi connectivity index (χ0) is 15.8. The molecule has 1 aromatic heterocycles. The van der Waals surface area contributed by atoms with Gasteiger partial charge in [-0.25, -0.2) is 9.79 Å². The van der Waals surface area contributed by atoms with E-state index in [1.807, 2.05) is 19.9 Å². The second-order valence-corrected chi connectivity index (χ2v) is 4.93. The van der Waals surface area contributed by atoms with E-state index in [9.17, 15) is 4.79 Å². The van der Waals surface area contributed by atoms with Crippen molar-refractivity contribution in [2.45, 2.75) is 20.4 Å². The summed E-state index contributed by atoms with van der Waals surface area (Å²) in [5, 5.41) is 10.1. The van der Waals surface area contributed by atoms with Gasteiger partial charge in [0, 0.05) is 38.9 Å². The van der Waals surface area contributed by atoms with Crippen molar-refractivity contribution in [2.24, 2.45) is 4.99 Å². The van der Waals surface area contributed by atoms with Gasteiger partial charge in [0.25, 0.3) is 0 Å². The molecule has 0 unspecified atom stereocenters.